The summed E-state index contributed by atoms with van der Waals surface area (Å²) in [7, 11) is 2.03. The molecule has 0 radical (unpaired) electrons. The molecule has 1 aliphatic carbocycles. The molecule has 110 valence electrons. The summed E-state index contributed by atoms with van der Waals surface area (Å²) >= 11 is 0. The average molecular weight is 281 g/mol. The lowest BCUT2D eigenvalue weighted by Crippen LogP contribution is -2.12. The maximum Gasteiger partial charge on any atom is 0.123 e. The van der Waals surface area contributed by atoms with Crippen molar-refractivity contribution in [2.45, 2.75) is 39.3 Å². The van der Waals surface area contributed by atoms with Gasteiger partial charge < -0.3 is 10.1 Å². The SMILES string of the molecule is CNC1CCc2c(OCc3cc(C)cc(C)c3)cccc21. The zero-order valence-electron chi connectivity index (χ0n) is 13.1. The molecule has 0 aromatic heterocycles. The summed E-state index contributed by atoms with van der Waals surface area (Å²) in [6.07, 6.45) is 2.26. The number of ether oxygens (including phenoxy) is 1. The van der Waals surface area contributed by atoms with Gasteiger partial charge in [0.2, 0.25) is 0 Å². The molecule has 2 aromatic rings. The summed E-state index contributed by atoms with van der Waals surface area (Å²) in [5, 5.41) is 3.38. The molecule has 0 aliphatic heterocycles. The van der Waals surface area contributed by atoms with Gasteiger partial charge in [0, 0.05) is 6.04 Å². The van der Waals surface area contributed by atoms with Crippen LogP contribution in [0.3, 0.4) is 0 Å². The lowest BCUT2D eigenvalue weighted by Gasteiger charge is -2.13. The van der Waals surface area contributed by atoms with Crippen LogP contribution in [-0.2, 0) is 13.0 Å². The Labute approximate surface area is 127 Å². The molecule has 2 heteroatoms. The van der Waals surface area contributed by atoms with E-state index < -0.39 is 0 Å². The van der Waals surface area contributed by atoms with Crippen molar-refractivity contribution in [1.82, 2.24) is 5.32 Å². The fourth-order valence-corrected chi connectivity index (χ4v) is 3.37. The summed E-state index contributed by atoms with van der Waals surface area (Å²) in [4.78, 5) is 0. The fourth-order valence-electron chi connectivity index (χ4n) is 3.37. The van der Waals surface area contributed by atoms with Gasteiger partial charge in [-0.2, -0.15) is 0 Å². The zero-order valence-corrected chi connectivity index (χ0v) is 13.1. The molecule has 0 amide bonds. The first kappa shape index (κ1) is 14.2. The Kier molecular flexibility index (Phi) is 3.98. The third-order valence-corrected chi connectivity index (χ3v) is 4.25. The molecular weight excluding hydrogens is 258 g/mol. The van der Waals surface area contributed by atoms with Crippen molar-refractivity contribution >= 4 is 0 Å². The van der Waals surface area contributed by atoms with Gasteiger partial charge in [-0.15, -0.1) is 0 Å². The number of hydrogen-bond acceptors (Lipinski definition) is 2. The summed E-state index contributed by atoms with van der Waals surface area (Å²) in [6.45, 7) is 4.91. The van der Waals surface area contributed by atoms with Crippen molar-refractivity contribution in [3.8, 4) is 5.75 Å². The van der Waals surface area contributed by atoms with Gasteiger partial charge in [-0.3, -0.25) is 0 Å². The normalized spacial score (nSPS) is 16.8. The molecule has 0 heterocycles. The Balaban J connectivity index is 1.79. The molecule has 2 nitrogen and oxygen atoms in total. The van der Waals surface area contributed by atoms with Crippen LogP contribution in [0.25, 0.3) is 0 Å². The first-order valence-electron chi connectivity index (χ1n) is 7.66. The minimum atomic E-state index is 0.477. The lowest BCUT2D eigenvalue weighted by atomic mass is 10.1. The molecule has 1 N–H and O–H groups in total. The van der Waals surface area contributed by atoms with Crippen LogP contribution in [-0.4, -0.2) is 7.05 Å². The van der Waals surface area contributed by atoms with Crippen LogP contribution in [0.1, 0.15) is 40.3 Å². The predicted octanol–water partition coefficient (Wildman–Crippen LogP) is 4.09. The molecule has 0 fully saturated rings. The molecule has 1 atom stereocenters. The van der Waals surface area contributed by atoms with E-state index in [9.17, 15) is 0 Å². The lowest BCUT2D eigenvalue weighted by molar-refractivity contribution is 0.303. The van der Waals surface area contributed by atoms with E-state index in [1.807, 2.05) is 7.05 Å². The number of hydrogen-bond donors (Lipinski definition) is 1. The van der Waals surface area contributed by atoms with Gasteiger partial charge in [0.25, 0.3) is 0 Å². The fraction of sp³-hybridized carbons (Fsp3) is 0.368. The van der Waals surface area contributed by atoms with E-state index in [-0.39, 0.29) is 0 Å². The topological polar surface area (TPSA) is 21.3 Å². The molecule has 0 saturated carbocycles. The molecule has 3 rings (SSSR count). The van der Waals surface area contributed by atoms with Crippen LogP contribution < -0.4 is 10.1 Å². The quantitative estimate of drug-likeness (QED) is 0.911. The van der Waals surface area contributed by atoms with E-state index >= 15 is 0 Å². The van der Waals surface area contributed by atoms with Crippen LogP contribution >= 0.6 is 0 Å². The highest BCUT2D eigenvalue weighted by atomic mass is 16.5. The van der Waals surface area contributed by atoms with Gasteiger partial charge in [0.1, 0.15) is 12.4 Å². The minimum Gasteiger partial charge on any atom is -0.489 e. The predicted molar refractivity (Wildman–Crippen MR) is 86.8 cm³/mol. The highest BCUT2D eigenvalue weighted by Gasteiger charge is 2.23. The second-order valence-corrected chi connectivity index (χ2v) is 5.99. The Morgan fingerprint density at radius 2 is 1.90 bits per heavy atom. The van der Waals surface area contributed by atoms with Gasteiger partial charge in [0.05, 0.1) is 0 Å². The van der Waals surface area contributed by atoms with E-state index in [2.05, 4.69) is 55.6 Å². The molecule has 0 saturated heterocycles. The van der Waals surface area contributed by atoms with E-state index in [1.54, 1.807) is 0 Å². The number of fused-ring (bicyclic) bond motifs is 1. The monoisotopic (exact) mass is 281 g/mol. The summed E-state index contributed by atoms with van der Waals surface area (Å²) in [5.41, 5.74) is 6.61. The van der Waals surface area contributed by atoms with Crippen molar-refractivity contribution in [3.63, 3.8) is 0 Å². The molecule has 2 aromatic carbocycles. The molecule has 0 bridgehead atoms. The second kappa shape index (κ2) is 5.90. The number of rotatable bonds is 4. The van der Waals surface area contributed by atoms with Crippen LogP contribution in [0.15, 0.2) is 36.4 Å². The smallest absolute Gasteiger partial charge is 0.123 e. The Morgan fingerprint density at radius 1 is 1.14 bits per heavy atom. The van der Waals surface area contributed by atoms with Gasteiger partial charge in [0.15, 0.2) is 0 Å². The van der Waals surface area contributed by atoms with Crippen molar-refractivity contribution in [2.24, 2.45) is 0 Å². The van der Waals surface area contributed by atoms with E-state index in [0.29, 0.717) is 12.6 Å². The van der Waals surface area contributed by atoms with E-state index in [0.717, 1.165) is 18.6 Å². The van der Waals surface area contributed by atoms with Crippen LogP contribution in [0, 0.1) is 13.8 Å². The van der Waals surface area contributed by atoms with E-state index in [4.69, 9.17) is 4.74 Å². The Hall–Kier alpha value is -1.80. The van der Waals surface area contributed by atoms with Crippen molar-refractivity contribution in [2.75, 3.05) is 7.05 Å². The largest absolute Gasteiger partial charge is 0.489 e. The Bertz CT molecular complexity index is 628. The first-order chi connectivity index (χ1) is 10.2. The van der Waals surface area contributed by atoms with Gasteiger partial charge in [-0.05, 0) is 56.5 Å². The zero-order chi connectivity index (χ0) is 14.8. The standard InChI is InChI=1S/C19H23NO/c1-13-9-14(2)11-15(10-13)12-21-19-6-4-5-16-17(19)7-8-18(16)20-3/h4-6,9-11,18,20H,7-8,12H2,1-3H3. The van der Waals surface area contributed by atoms with Crippen LogP contribution in [0.2, 0.25) is 0 Å². The molecule has 1 unspecified atom stereocenters. The van der Waals surface area contributed by atoms with Crippen molar-refractivity contribution in [3.05, 3.63) is 64.2 Å². The van der Waals surface area contributed by atoms with Crippen molar-refractivity contribution in [1.29, 1.82) is 0 Å². The van der Waals surface area contributed by atoms with Crippen LogP contribution in [0.4, 0.5) is 0 Å². The average Bonchev–Trinajstić information content (AvgIpc) is 2.87. The number of aryl methyl sites for hydroxylation is 2. The Morgan fingerprint density at radius 3 is 2.62 bits per heavy atom. The van der Waals surface area contributed by atoms with Crippen molar-refractivity contribution < 1.29 is 4.74 Å². The summed E-state index contributed by atoms with van der Waals surface area (Å²) in [5.74, 6) is 1.05. The van der Waals surface area contributed by atoms with E-state index in [1.165, 1.54) is 27.8 Å². The summed E-state index contributed by atoms with van der Waals surface area (Å²) in [6, 6.07) is 13.5. The van der Waals surface area contributed by atoms with Crippen LogP contribution in [0.5, 0.6) is 5.75 Å². The third-order valence-electron chi connectivity index (χ3n) is 4.25. The molecule has 1 aliphatic rings. The molecule has 21 heavy (non-hydrogen) atoms. The maximum atomic E-state index is 6.11. The second-order valence-electron chi connectivity index (χ2n) is 5.99. The van der Waals surface area contributed by atoms with Gasteiger partial charge in [-0.1, -0.05) is 41.5 Å². The third kappa shape index (κ3) is 2.96. The minimum absolute atomic E-state index is 0.477. The highest BCUT2D eigenvalue weighted by molar-refractivity contribution is 5.45. The molecule has 0 spiro atoms. The number of nitrogens with one attached hydrogen (secondary N) is 1. The number of benzene rings is 2. The van der Waals surface area contributed by atoms with Gasteiger partial charge >= 0.3 is 0 Å². The first-order valence-corrected chi connectivity index (χ1v) is 7.66. The molecular formula is C19H23NO. The summed E-state index contributed by atoms with van der Waals surface area (Å²) < 4.78 is 6.11. The maximum absolute atomic E-state index is 6.11. The van der Waals surface area contributed by atoms with Gasteiger partial charge in [-0.25, -0.2) is 0 Å². The highest BCUT2D eigenvalue weighted by Crippen LogP contribution is 2.36.